The van der Waals surface area contributed by atoms with Crippen LogP contribution in [-0.4, -0.2) is 25.5 Å². The monoisotopic (exact) mass is 354 g/mol. The Kier molecular flexibility index (Phi) is 6.97. The first-order chi connectivity index (χ1) is 12.5. The van der Waals surface area contributed by atoms with Crippen molar-refractivity contribution < 1.29 is 23.8 Å². The minimum Gasteiger partial charge on any atom is -0.496 e. The van der Waals surface area contributed by atoms with Crippen molar-refractivity contribution in [2.24, 2.45) is 0 Å². The van der Waals surface area contributed by atoms with E-state index in [-0.39, 0.29) is 12.4 Å². The summed E-state index contributed by atoms with van der Waals surface area (Å²) < 4.78 is 16.0. The molecule has 0 unspecified atom stereocenters. The van der Waals surface area contributed by atoms with E-state index < -0.39 is 5.97 Å². The second-order valence-electron chi connectivity index (χ2n) is 5.49. The molecule has 0 saturated carbocycles. The molecule has 2 aromatic rings. The summed E-state index contributed by atoms with van der Waals surface area (Å²) in [6, 6.07) is 12.5. The quantitative estimate of drug-likeness (QED) is 0.406. The second-order valence-corrected chi connectivity index (χ2v) is 5.49. The molecule has 0 aliphatic rings. The molecule has 0 aromatic heterocycles. The van der Waals surface area contributed by atoms with Crippen molar-refractivity contribution in [1.82, 2.24) is 0 Å². The van der Waals surface area contributed by atoms with Gasteiger partial charge in [-0.05, 0) is 44.2 Å². The van der Waals surface area contributed by atoms with Gasteiger partial charge in [0, 0.05) is 22.8 Å². The van der Waals surface area contributed by atoms with Gasteiger partial charge in [-0.2, -0.15) is 0 Å². The summed E-state index contributed by atoms with van der Waals surface area (Å²) in [5.41, 5.74) is 1.97. The predicted octanol–water partition coefficient (Wildman–Crippen LogP) is 4.05. The van der Waals surface area contributed by atoms with Crippen LogP contribution in [-0.2, 0) is 16.1 Å². The number of carbonyl (C=O) groups is 2. The number of hydrogen-bond acceptors (Lipinski definition) is 5. The molecule has 0 N–H and O–H groups in total. The highest BCUT2D eigenvalue weighted by atomic mass is 16.5. The largest absolute Gasteiger partial charge is 0.496 e. The standard InChI is InChI=1S/C21H22O5/c1-4-25-20-8-6-5-7-16(20)10-12-21(23)26-14-18-13-17(15(2)22)9-11-19(18)24-3/h5-13H,4,14H2,1-3H3/b12-10+. The average Bonchev–Trinajstić information content (AvgIpc) is 2.65. The van der Waals surface area contributed by atoms with Crippen LogP contribution >= 0.6 is 0 Å². The van der Waals surface area contributed by atoms with Gasteiger partial charge in [0.2, 0.25) is 0 Å². The van der Waals surface area contributed by atoms with Gasteiger partial charge in [0.1, 0.15) is 18.1 Å². The number of carbonyl (C=O) groups excluding carboxylic acids is 2. The third kappa shape index (κ3) is 5.21. The third-order valence-corrected chi connectivity index (χ3v) is 3.67. The molecule has 0 aliphatic carbocycles. The highest BCUT2D eigenvalue weighted by Crippen LogP contribution is 2.22. The molecule has 0 radical (unpaired) electrons. The second kappa shape index (κ2) is 9.42. The molecule has 0 spiro atoms. The molecule has 2 aromatic carbocycles. The lowest BCUT2D eigenvalue weighted by Gasteiger charge is -2.10. The van der Waals surface area contributed by atoms with Crippen molar-refractivity contribution >= 4 is 17.8 Å². The van der Waals surface area contributed by atoms with Crippen molar-refractivity contribution in [3.8, 4) is 11.5 Å². The number of esters is 1. The Morgan fingerprint density at radius 2 is 1.85 bits per heavy atom. The maximum atomic E-state index is 12.0. The number of para-hydroxylation sites is 1. The highest BCUT2D eigenvalue weighted by molar-refractivity contribution is 5.94. The molecule has 0 aliphatic heterocycles. The number of hydrogen-bond donors (Lipinski definition) is 0. The summed E-state index contributed by atoms with van der Waals surface area (Å²) in [6.45, 7) is 3.94. The first kappa shape index (κ1) is 19.2. The van der Waals surface area contributed by atoms with E-state index in [1.54, 1.807) is 24.3 Å². The van der Waals surface area contributed by atoms with E-state index in [1.807, 2.05) is 31.2 Å². The Morgan fingerprint density at radius 3 is 2.54 bits per heavy atom. The van der Waals surface area contributed by atoms with Gasteiger partial charge in [-0.1, -0.05) is 18.2 Å². The van der Waals surface area contributed by atoms with Crippen molar-refractivity contribution in [1.29, 1.82) is 0 Å². The van der Waals surface area contributed by atoms with E-state index in [2.05, 4.69) is 0 Å². The number of ether oxygens (including phenoxy) is 3. The van der Waals surface area contributed by atoms with Crippen molar-refractivity contribution in [3.63, 3.8) is 0 Å². The molecule has 0 heterocycles. The first-order valence-electron chi connectivity index (χ1n) is 8.29. The van der Waals surface area contributed by atoms with Crippen LogP contribution in [0, 0.1) is 0 Å². The minimum absolute atomic E-state index is 0.0145. The van der Waals surface area contributed by atoms with Gasteiger partial charge >= 0.3 is 5.97 Å². The summed E-state index contributed by atoms with van der Waals surface area (Å²) >= 11 is 0. The molecule has 0 bridgehead atoms. The van der Waals surface area contributed by atoms with Crippen LogP contribution in [0.1, 0.15) is 35.3 Å². The van der Waals surface area contributed by atoms with Gasteiger partial charge in [0.05, 0.1) is 13.7 Å². The topological polar surface area (TPSA) is 61.8 Å². The molecule has 5 nitrogen and oxygen atoms in total. The maximum absolute atomic E-state index is 12.0. The molecule has 26 heavy (non-hydrogen) atoms. The molecule has 136 valence electrons. The number of benzene rings is 2. The van der Waals surface area contributed by atoms with Gasteiger partial charge in [-0.3, -0.25) is 4.79 Å². The zero-order valence-electron chi connectivity index (χ0n) is 15.2. The van der Waals surface area contributed by atoms with E-state index in [1.165, 1.54) is 20.1 Å². The van der Waals surface area contributed by atoms with Crippen LogP contribution in [0.2, 0.25) is 0 Å². The molecular weight excluding hydrogens is 332 g/mol. The molecule has 0 fully saturated rings. The fourth-order valence-electron chi connectivity index (χ4n) is 2.37. The maximum Gasteiger partial charge on any atom is 0.331 e. The Hall–Kier alpha value is -3.08. The average molecular weight is 354 g/mol. The number of ketones is 1. The van der Waals surface area contributed by atoms with Gasteiger partial charge in [0.25, 0.3) is 0 Å². The lowest BCUT2D eigenvalue weighted by Crippen LogP contribution is -2.04. The fraction of sp³-hybridized carbons (Fsp3) is 0.238. The minimum atomic E-state index is -0.494. The van der Waals surface area contributed by atoms with Gasteiger partial charge < -0.3 is 14.2 Å². The SMILES string of the molecule is CCOc1ccccc1/C=C/C(=O)OCc1cc(C(C)=O)ccc1OC. The van der Waals surface area contributed by atoms with Crippen LogP contribution in [0.25, 0.3) is 6.08 Å². The van der Waals surface area contributed by atoms with Gasteiger partial charge in [0.15, 0.2) is 5.78 Å². The summed E-state index contributed by atoms with van der Waals surface area (Å²) in [4.78, 5) is 23.5. The smallest absolute Gasteiger partial charge is 0.331 e. The molecule has 0 atom stereocenters. The van der Waals surface area contributed by atoms with E-state index >= 15 is 0 Å². The van der Waals surface area contributed by atoms with Crippen molar-refractivity contribution in [3.05, 3.63) is 65.2 Å². The van der Waals surface area contributed by atoms with E-state index in [4.69, 9.17) is 14.2 Å². The van der Waals surface area contributed by atoms with Crippen LogP contribution in [0.4, 0.5) is 0 Å². The molecule has 0 saturated heterocycles. The Bertz CT molecular complexity index is 808. The van der Waals surface area contributed by atoms with Gasteiger partial charge in [-0.25, -0.2) is 4.79 Å². The summed E-state index contributed by atoms with van der Waals surface area (Å²) in [7, 11) is 1.53. The number of Topliss-reactive ketones (excluding diaryl/α,β-unsaturated/α-hetero) is 1. The zero-order valence-corrected chi connectivity index (χ0v) is 15.2. The van der Waals surface area contributed by atoms with E-state index in [0.29, 0.717) is 29.2 Å². The van der Waals surface area contributed by atoms with Crippen LogP contribution in [0.3, 0.4) is 0 Å². The van der Waals surface area contributed by atoms with E-state index in [9.17, 15) is 9.59 Å². The Balaban J connectivity index is 2.05. The first-order valence-corrected chi connectivity index (χ1v) is 8.29. The van der Waals surface area contributed by atoms with Crippen molar-refractivity contribution in [2.45, 2.75) is 20.5 Å². The van der Waals surface area contributed by atoms with Crippen LogP contribution in [0.5, 0.6) is 11.5 Å². The van der Waals surface area contributed by atoms with Gasteiger partial charge in [-0.15, -0.1) is 0 Å². The highest BCUT2D eigenvalue weighted by Gasteiger charge is 2.09. The summed E-state index contributed by atoms with van der Waals surface area (Å²) in [6.07, 6.45) is 3.00. The summed E-state index contributed by atoms with van der Waals surface area (Å²) in [5.74, 6) is 0.711. The Labute approximate surface area is 153 Å². The zero-order chi connectivity index (χ0) is 18.9. The van der Waals surface area contributed by atoms with Crippen molar-refractivity contribution in [2.75, 3.05) is 13.7 Å². The molecule has 0 amide bonds. The third-order valence-electron chi connectivity index (χ3n) is 3.67. The lowest BCUT2D eigenvalue weighted by molar-refractivity contribution is -0.138. The lowest BCUT2D eigenvalue weighted by atomic mass is 10.1. The van der Waals surface area contributed by atoms with Crippen LogP contribution in [0.15, 0.2) is 48.5 Å². The van der Waals surface area contributed by atoms with E-state index in [0.717, 1.165) is 5.56 Å². The molecule has 5 heteroatoms. The fourth-order valence-corrected chi connectivity index (χ4v) is 2.37. The molecule has 2 rings (SSSR count). The number of methoxy groups -OCH3 is 1. The molecular formula is C21H22O5. The Morgan fingerprint density at radius 1 is 1.08 bits per heavy atom. The normalized spacial score (nSPS) is 10.6. The predicted molar refractivity (Wildman–Crippen MR) is 99.4 cm³/mol. The summed E-state index contributed by atoms with van der Waals surface area (Å²) in [5, 5.41) is 0. The number of rotatable bonds is 8. The van der Waals surface area contributed by atoms with Crippen LogP contribution < -0.4 is 9.47 Å².